The highest BCUT2D eigenvalue weighted by Crippen LogP contribution is 2.59. The molecule has 8 fully saturated rings. The smallest absolute Gasteiger partial charge is 0.0698 e. The molecular formula is C34H67N5O. The van der Waals surface area contributed by atoms with Crippen LogP contribution in [-0.2, 0) is 4.74 Å². The first kappa shape index (κ1) is 32.7. The van der Waals surface area contributed by atoms with Crippen LogP contribution in [0, 0.1) is 35.0 Å². The summed E-state index contributed by atoms with van der Waals surface area (Å²) in [5, 5.41) is 9.90. The van der Waals surface area contributed by atoms with Crippen LogP contribution in [0.4, 0.5) is 0 Å². The van der Waals surface area contributed by atoms with E-state index in [9.17, 15) is 0 Å². The summed E-state index contributed by atoms with van der Waals surface area (Å²) in [7, 11) is 0. The number of piperazine rings is 1. The fourth-order valence-corrected chi connectivity index (χ4v) is 9.32. The molecule has 7 N–H and O–H groups in total. The molecule has 0 radical (unpaired) electrons. The van der Waals surface area contributed by atoms with Crippen molar-refractivity contribution in [1.29, 1.82) is 0 Å². The Labute approximate surface area is 247 Å². The zero-order valence-corrected chi connectivity index (χ0v) is 26.1. The fourth-order valence-electron chi connectivity index (χ4n) is 9.32. The molecule has 5 aliphatic carbocycles. The summed E-state index contributed by atoms with van der Waals surface area (Å²) in [6, 6.07) is 0. The minimum atomic E-state index is 0.375. The van der Waals surface area contributed by atoms with Crippen LogP contribution in [0.15, 0.2) is 0 Å². The molecule has 4 bridgehead atoms. The van der Waals surface area contributed by atoms with Crippen molar-refractivity contribution in [3.8, 4) is 0 Å². The number of nitrogens with two attached hydrogens (primary N) is 2. The van der Waals surface area contributed by atoms with Gasteiger partial charge in [0.2, 0.25) is 0 Å². The van der Waals surface area contributed by atoms with Crippen LogP contribution in [0.25, 0.3) is 0 Å². The fraction of sp³-hybridized carbons (Fsp3) is 1.00. The van der Waals surface area contributed by atoms with Gasteiger partial charge in [-0.2, -0.15) is 0 Å². The molecular weight excluding hydrogens is 494 g/mol. The van der Waals surface area contributed by atoms with Gasteiger partial charge in [0.1, 0.15) is 0 Å². The Balaban J connectivity index is 0.000000131. The van der Waals surface area contributed by atoms with Crippen LogP contribution in [-0.4, -0.2) is 65.1 Å². The van der Waals surface area contributed by atoms with Crippen molar-refractivity contribution < 1.29 is 4.74 Å². The maximum atomic E-state index is 5.93. The van der Waals surface area contributed by atoms with E-state index < -0.39 is 0 Å². The zero-order chi connectivity index (χ0) is 27.9. The average molecular weight is 562 g/mol. The molecule has 6 nitrogen and oxygen atoms in total. The lowest BCUT2D eigenvalue weighted by Gasteiger charge is -2.56. The van der Waals surface area contributed by atoms with Gasteiger partial charge in [0.15, 0.2) is 0 Å². The van der Waals surface area contributed by atoms with Gasteiger partial charge in [-0.15, -0.1) is 0 Å². The van der Waals surface area contributed by atoms with Crippen molar-refractivity contribution in [1.82, 2.24) is 16.0 Å². The topological polar surface area (TPSA) is 97.4 Å². The van der Waals surface area contributed by atoms with E-state index in [1.807, 2.05) is 0 Å². The molecule has 40 heavy (non-hydrogen) atoms. The van der Waals surface area contributed by atoms with Crippen molar-refractivity contribution >= 4 is 0 Å². The van der Waals surface area contributed by atoms with Crippen molar-refractivity contribution in [3.05, 3.63) is 0 Å². The van der Waals surface area contributed by atoms with Crippen LogP contribution in [0.3, 0.4) is 0 Å². The second-order valence-electron chi connectivity index (χ2n) is 14.6. The van der Waals surface area contributed by atoms with Gasteiger partial charge in [-0.3, -0.25) is 0 Å². The highest BCUT2D eigenvalue weighted by molar-refractivity contribution is 5.01. The zero-order valence-electron chi connectivity index (χ0n) is 26.1. The maximum absolute atomic E-state index is 5.93. The van der Waals surface area contributed by atoms with E-state index in [2.05, 4.69) is 16.0 Å². The summed E-state index contributed by atoms with van der Waals surface area (Å²) in [6.07, 6.45) is 26.8. The Morgan fingerprint density at radius 3 is 1.55 bits per heavy atom. The Bertz CT molecular complexity index is 573. The van der Waals surface area contributed by atoms with Crippen LogP contribution < -0.4 is 27.4 Å². The van der Waals surface area contributed by atoms with E-state index in [-0.39, 0.29) is 0 Å². The third-order valence-electron chi connectivity index (χ3n) is 11.3. The van der Waals surface area contributed by atoms with E-state index in [1.165, 1.54) is 122 Å². The molecule has 8 aliphatic rings. The number of hydrogen-bond acceptors (Lipinski definition) is 6. The second kappa shape index (κ2) is 18.4. The van der Waals surface area contributed by atoms with Gasteiger partial charge in [-0.1, -0.05) is 51.4 Å². The van der Waals surface area contributed by atoms with Gasteiger partial charge in [0.05, 0.1) is 6.10 Å². The van der Waals surface area contributed by atoms with E-state index in [0.29, 0.717) is 18.1 Å². The summed E-state index contributed by atoms with van der Waals surface area (Å²) in [5.74, 6) is 5.36. The Morgan fingerprint density at radius 1 is 0.600 bits per heavy atom. The van der Waals surface area contributed by atoms with Crippen LogP contribution in [0.5, 0.6) is 0 Å². The van der Waals surface area contributed by atoms with Crippen LogP contribution in [0.2, 0.25) is 0 Å². The van der Waals surface area contributed by atoms with E-state index in [1.54, 1.807) is 0 Å². The quantitative estimate of drug-likeness (QED) is 0.306. The SMILES string of the molecule is C1CCC(CCCC2CCNCC2)CC1.C1CNCCN1.NCC12CC3CC(CC(C3)C1)C2.NCC1CCCO1. The molecule has 3 heterocycles. The predicted molar refractivity (Wildman–Crippen MR) is 169 cm³/mol. The predicted octanol–water partition coefficient (Wildman–Crippen LogP) is 5.20. The molecule has 0 aromatic carbocycles. The van der Waals surface area contributed by atoms with Gasteiger partial charge in [0.25, 0.3) is 0 Å². The van der Waals surface area contributed by atoms with Gasteiger partial charge >= 0.3 is 0 Å². The molecule has 0 aromatic rings. The van der Waals surface area contributed by atoms with Crippen molar-refractivity contribution in [2.75, 3.05) is 59.0 Å². The highest BCUT2D eigenvalue weighted by Gasteiger charge is 2.49. The third kappa shape index (κ3) is 11.4. The summed E-state index contributed by atoms with van der Waals surface area (Å²) in [5.41, 5.74) is 11.9. The first-order chi connectivity index (χ1) is 19.7. The number of hydrogen-bond donors (Lipinski definition) is 5. The van der Waals surface area contributed by atoms with Gasteiger partial charge in [0, 0.05) is 39.3 Å². The molecule has 0 aromatic heterocycles. The van der Waals surface area contributed by atoms with E-state index >= 15 is 0 Å². The van der Waals surface area contributed by atoms with E-state index in [4.69, 9.17) is 16.2 Å². The number of rotatable bonds is 6. The van der Waals surface area contributed by atoms with Gasteiger partial charge in [-0.25, -0.2) is 0 Å². The highest BCUT2D eigenvalue weighted by atomic mass is 16.5. The van der Waals surface area contributed by atoms with E-state index in [0.717, 1.165) is 75.3 Å². The van der Waals surface area contributed by atoms with Crippen LogP contribution >= 0.6 is 0 Å². The van der Waals surface area contributed by atoms with Crippen molar-refractivity contribution in [2.45, 2.75) is 122 Å². The normalized spacial score (nSPS) is 35.5. The molecule has 1 atom stereocenters. The molecule has 1 unspecified atom stereocenters. The molecule has 6 heteroatoms. The lowest BCUT2D eigenvalue weighted by Crippen LogP contribution is -2.49. The van der Waals surface area contributed by atoms with Gasteiger partial charge < -0.3 is 32.2 Å². The van der Waals surface area contributed by atoms with Crippen molar-refractivity contribution in [3.63, 3.8) is 0 Å². The summed E-state index contributed by atoms with van der Waals surface area (Å²) in [4.78, 5) is 0. The molecule has 3 saturated heterocycles. The number of piperidine rings is 1. The number of nitrogens with one attached hydrogen (secondary N) is 3. The standard InChI is InChI=1S/C14H27N.C11H19N.C5H11NO.C4H10N2/c1-2-5-13(6-3-1)7-4-8-14-9-11-15-12-10-14;12-7-11-4-8-1-9(5-11)3-10(2-8)6-11;6-4-5-2-1-3-7-5;1-2-6-4-3-5-1/h13-15H,1-12H2;8-10H,1-7,12H2;5H,1-4,6H2;5-6H,1-4H2. The summed E-state index contributed by atoms with van der Waals surface area (Å²) < 4.78 is 5.18. The summed E-state index contributed by atoms with van der Waals surface area (Å²) in [6.45, 7) is 9.68. The molecule has 234 valence electrons. The Morgan fingerprint density at radius 2 is 1.12 bits per heavy atom. The maximum Gasteiger partial charge on any atom is 0.0698 e. The third-order valence-corrected chi connectivity index (χ3v) is 11.3. The Hall–Kier alpha value is -0.240. The minimum Gasteiger partial charge on any atom is -0.377 e. The van der Waals surface area contributed by atoms with Gasteiger partial charge in [-0.05, 0) is 119 Å². The Kier molecular flexibility index (Phi) is 15.1. The average Bonchev–Trinajstić information content (AvgIpc) is 3.54. The largest absolute Gasteiger partial charge is 0.377 e. The first-order valence-corrected chi connectivity index (χ1v) is 17.8. The monoisotopic (exact) mass is 562 g/mol. The second-order valence-corrected chi connectivity index (χ2v) is 14.6. The molecule has 3 aliphatic heterocycles. The van der Waals surface area contributed by atoms with Crippen molar-refractivity contribution in [2.24, 2.45) is 46.5 Å². The van der Waals surface area contributed by atoms with Crippen LogP contribution in [0.1, 0.15) is 116 Å². The molecule has 0 spiro atoms. The lowest BCUT2D eigenvalue weighted by molar-refractivity contribution is -0.0468. The summed E-state index contributed by atoms with van der Waals surface area (Å²) >= 11 is 0. The number of ether oxygens (including phenoxy) is 1. The minimum absolute atomic E-state index is 0.375. The lowest BCUT2D eigenvalue weighted by atomic mass is 9.50. The first-order valence-electron chi connectivity index (χ1n) is 17.8. The molecule has 5 saturated carbocycles. The molecule has 8 rings (SSSR count). The molecule has 0 amide bonds.